The van der Waals surface area contributed by atoms with Gasteiger partial charge in [0.1, 0.15) is 11.5 Å². The lowest BCUT2D eigenvalue weighted by Gasteiger charge is -2.15. The van der Waals surface area contributed by atoms with Crippen LogP contribution in [0.25, 0.3) is 0 Å². The molecule has 1 saturated heterocycles. The number of nitrogens with one attached hydrogen (secondary N) is 2. The summed E-state index contributed by atoms with van der Waals surface area (Å²) in [6, 6.07) is 11.8. The van der Waals surface area contributed by atoms with Crippen LogP contribution in [0.3, 0.4) is 0 Å². The Bertz CT molecular complexity index is 690. The van der Waals surface area contributed by atoms with Crippen molar-refractivity contribution in [1.82, 2.24) is 5.32 Å². The van der Waals surface area contributed by atoms with E-state index in [4.69, 9.17) is 18.9 Å². The first-order valence-corrected chi connectivity index (χ1v) is 9.65. The summed E-state index contributed by atoms with van der Waals surface area (Å²) >= 11 is 0. The van der Waals surface area contributed by atoms with E-state index in [1.807, 2.05) is 50.2 Å². The molecule has 1 unspecified atom stereocenters. The molecule has 3 rings (SSSR count). The Morgan fingerprint density at radius 1 is 1.26 bits per heavy atom. The Balaban J connectivity index is 1.58. The smallest absolute Gasteiger partial charge is 0.195 e. The van der Waals surface area contributed by atoms with E-state index in [0.717, 1.165) is 55.6 Å². The lowest BCUT2D eigenvalue weighted by atomic mass is 10.2. The van der Waals surface area contributed by atoms with Gasteiger partial charge in [-0.05, 0) is 63.1 Å². The van der Waals surface area contributed by atoms with E-state index < -0.39 is 0 Å². The number of nitrogens with zero attached hydrogens (tertiary/aromatic N) is 1. The number of anilines is 1. The zero-order valence-corrected chi connectivity index (χ0v) is 16.1. The Morgan fingerprint density at radius 2 is 2.11 bits per heavy atom. The summed E-state index contributed by atoms with van der Waals surface area (Å²) in [5.41, 5.74) is 0.961. The summed E-state index contributed by atoms with van der Waals surface area (Å²) < 4.78 is 16.8. The molecule has 1 aromatic carbocycles. The maximum atomic E-state index is 5.69. The minimum absolute atomic E-state index is 0.163. The van der Waals surface area contributed by atoms with Crippen LogP contribution in [0, 0.1) is 0 Å². The lowest BCUT2D eigenvalue weighted by molar-refractivity contribution is 0.118. The van der Waals surface area contributed by atoms with Crippen molar-refractivity contribution < 1.29 is 13.9 Å². The van der Waals surface area contributed by atoms with Crippen LogP contribution < -0.4 is 15.4 Å². The average molecular weight is 371 g/mol. The number of hydrogen-bond acceptors (Lipinski definition) is 4. The standard InChI is InChI=1S/C21H29N3O3/c1-16(2)27-19-9-7-17(8-10-19)24-21(23-15-20-6-4-14-26-20)22-12-11-18-5-3-13-25-18/h3,5,7-10,13,16,20H,4,6,11-12,14-15H2,1-2H3,(H2,22,23,24). The molecule has 6 nitrogen and oxygen atoms in total. The Hall–Kier alpha value is -2.47. The average Bonchev–Trinajstić information content (AvgIpc) is 3.34. The zero-order valence-electron chi connectivity index (χ0n) is 16.1. The first-order valence-electron chi connectivity index (χ1n) is 9.65. The molecule has 1 aliphatic rings. The molecular formula is C21H29N3O3. The van der Waals surface area contributed by atoms with Crippen LogP contribution in [-0.2, 0) is 11.2 Å². The zero-order chi connectivity index (χ0) is 18.9. The molecule has 2 aromatic rings. The maximum absolute atomic E-state index is 5.69. The number of guanidine groups is 1. The minimum Gasteiger partial charge on any atom is -0.491 e. The number of furan rings is 1. The normalized spacial score (nSPS) is 17.3. The van der Waals surface area contributed by atoms with E-state index in [-0.39, 0.29) is 12.2 Å². The third kappa shape index (κ3) is 6.64. The van der Waals surface area contributed by atoms with Crippen LogP contribution in [0.15, 0.2) is 52.1 Å². The first-order chi connectivity index (χ1) is 13.2. The Kier molecular flexibility index (Phi) is 7.16. The second-order valence-corrected chi connectivity index (χ2v) is 6.90. The summed E-state index contributed by atoms with van der Waals surface area (Å²) in [6.45, 7) is 6.27. The van der Waals surface area contributed by atoms with Crippen molar-refractivity contribution in [2.75, 3.05) is 25.0 Å². The predicted molar refractivity (Wildman–Crippen MR) is 108 cm³/mol. The number of benzene rings is 1. The molecule has 0 saturated carbocycles. The number of rotatable bonds is 8. The molecule has 0 radical (unpaired) electrons. The van der Waals surface area contributed by atoms with E-state index >= 15 is 0 Å². The summed E-state index contributed by atoms with van der Waals surface area (Å²) in [7, 11) is 0. The molecule has 27 heavy (non-hydrogen) atoms. The molecule has 0 amide bonds. The fourth-order valence-electron chi connectivity index (χ4n) is 2.91. The van der Waals surface area contributed by atoms with Crippen molar-refractivity contribution in [3.63, 3.8) is 0 Å². The van der Waals surface area contributed by atoms with Crippen LogP contribution in [0.2, 0.25) is 0 Å². The van der Waals surface area contributed by atoms with Gasteiger partial charge >= 0.3 is 0 Å². The fourth-order valence-corrected chi connectivity index (χ4v) is 2.91. The molecular weight excluding hydrogens is 342 g/mol. The van der Waals surface area contributed by atoms with E-state index in [1.54, 1.807) is 6.26 Å². The molecule has 6 heteroatoms. The van der Waals surface area contributed by atoms with Crippen molar-refractivity contribution in [3.05, 3.63) is 48.4 Å². The molecule has 1 aliphatic heterocycles. The van der Waals surface area contributed by atoms with Gasteiger partial charge in [0.25, 0.3) is 0 Å². The van der Waals surface area contributed by atoms with Crippen molar-refractivity contribution in [3.8, 4) is 5.75 Å². The van der Waals surface area contributed by atoms with Gasteiger partial charge in [-0.15, -0.1) is 0 Å². The minimum atomic E-state index is 0.163. The van der Waals surface area contributed by atoms with Gasteiger partial charge in [-0.1, -0.05) is 0 Å². The highest BCUT2D eigenvalue weighted by Crippen LogP contribution is 2.17. The van der Waals surface area contributed by atoms with Gasteiger partial charge in [0, 0.05) is 25.3 Å². The van der Waals surface area contributed by atoms with Gasteiger partial charge in [0.15, 0.2) is 5.96 Å². The van der Waals surface area contributed by atoms with E-state index in [0.29, 0.717) is 6.54 Å². The van der Waals surface area contributed by atoms with Crippen LogP contribution >= 0.6 is 0 Å². The molecule has 0 bridgehead atoms. The third-order valence-corrected chi connectivity index (χ3v) is 4.21. The van der Waals surface area contributed by atoms with E-state index in [2.05, 4.69) is 10.6 Å². The van der Waals surface area contributed by atoms with E-state index in [1.165, 1.54) is 0 Å². The molecule has 1 aromatic heterocycles. The van der Waals surface area contributed by atoms with Crippen molar-refractivity contribution >= 4 is 11.6 Å². The van der Waals surface area contributed by atoms with Crippen LogP contribution in [0.4, 0.5) is 5.69 Å². The molecule has 2 N–H and O–H groups in total. The van der Waals surface area contributed by atoms with Gasteiger partial charge in [-0.25, -0.2) is 0 Å². The molecule has 2 heterocycles. The quantitative estimate of drug-likeness (QED) is 0.545. The van der Waals surface area contributed by atoms with Crippen LogP contribution in [0.5, 0.6) is 5.75 Å². The predicted octanol–water partition coefficient (Wildman–Crippen LogP) is 3.85. The van der Waals surface area contributed by atoms with Crippen LogP contribution in [-0.4, -0.2) is 37.9 Å². The molecule has 0 aliphatic carbocycles. The Labute approximate surface area is 161 Å². The fraction of sp³-hybridized carbons (Fsp3) is 0.476. The summed E-state index contributed by atoms with van der Waals surface area (Å²) in [6.07, 6.45) is 5.07. The number of ether oxygens (including phenoxy) is 2. The van der Waals surface area contributed by atoms with Gasteiger partial charge in [-0.3, -0.25) is 4.99 Å². The largest absolute Gasteiger partial charge is 0.491 e. The molecule has 1 atom stereocenters. The van der Waals surface area contributed by atoms with Crippen molar-refractivity contribution in [2.45, 2.75) is 45.3 Å². The number of aliphatic imine (C=N–C) groups is 1. The highest BCUT2D eigenvalue weighted by molar-refractivity contribution is 5.93. The second-order valence-electron chi connectivity index (χ2n) is 6.90. The summed E-state index contributed by atoms with van der Waals surface area (Å²) in [5.74, 6) is 2.56. The third-order valence-electron chi connectivity index (χ3n) is 4.21. The van der Waals surface area contributed by atoms with Gasteiger partial charge < -0.3 is 24.5 Å². The van der Waals surface area contributed by atoms with Gasteiger partial charge in [0.2, 0.25) is 0 Å². The first kappa shape index (κ1) is 19.3. The van der Waals surface area contributed by atoms with E-state index in [9.17, 15) is 0 Å². The maximum Gasteiger partial charge on any atom is 0.195 e. The molecule has 0 spiro atoms. The van der Waals surface area contributed by atoms with Gasteiger partial charge in [-0.2, -0.15) is 0 Å². The summed E-state index contributed by atoms with van der Waals surface area (Å²) in [5, 5.41) is 6.73. The summed E-state index contributed by atoms with van der Waals surface area (Å²) in [4.78, 5) is 4.70. The number of hydrogen-bond donors (Lipinski definition) is 2. The molecule has 1 fully saturated rings. The molecule has 146 valence electrons. The van der Waals surface area contributed by atoms with Crippen molar-refractivity contribution in [1.29, 1.82) is 0 Å². The highest BCUT2D eigenvalue weighted by atomic mass is 16.5. The highest BCUT2D eigenvalue weighted by Gasteiger charge is 2.15. The van der Waals surface area contributed by atoms with Crippen molar-refractivity contribution in [2.24, 2.45) is 4.99 Å². The second kappa shape index (κ2) is 10.0. The lowest BCUT2D eigenvalue weighted by Crippen LogP contribution is -2.33. The van der Waals surface area contributed by atoms with Gasteiger partial charge in [0.05, 0.1) is 25.0 Å². The topological polar surface area (TPSA) is 68.0 Å². The Morgan fingerprint density at radius 3 is 2.78 bits per heavy atom. The monoisotopic (exact) mass is 371 g/mol. The van der Waals surface area contributed by atoms with Crippen LogP contribution in [0.1, 0.15) is 32.4 Å². The SMILES string of the molecule is CC(C)Oc1ccc(NC(=NCC2CCCO2)NCCc2ccco2)cc1.